The van der Waals surface area contributed by atoms with Gasteiger partial charge in [-0.1, -0.05) is 25.8 Å². The Morgan fingerprint density at radius 3 is 2.62 bits per heavy atom. The van der Waals surface area contributed by atoms with Gasteiger partial charge < -0.3 is 4.98 Å². The van der Waals surface area contributed by atoms with Crippen molar-refractivity contribution in [2.45, 2.75) is 26.7 Å². The molecule has 1 rings (SSSR count). The highest BCUT2D eigenvalue weighted by atomic mass is 16.1. The van der Waals surface area contributed by atoms with Crippen LogP contribution >= 0.6 is 0 Å². The van der Waals surface area contributed by atoms with E-state index in [0.717, 1.165) is 11.3 Å². The zero-order valence-electron chi connectivity index (χ0n) is 8.14. The SMILES string of the molecule is CC#Cc1[nH]c(=O)ccc1C(C)C. The number of hydrogen-bond donors (Lipinski definition) is 1. The lowest BCUT2D eigenvalue weighted by Crippen LogP contribution is -2.08. The molecule has 0 aliphatic carbocycles. The summed E-state index contributed by atoms with van der Waals surface area (Å²) in [5.74, 6) is 6.06. The van der Waals surface area contributed by atoms with E-state index < -0.39 is 0 Å². The Kier molecular flexibility index (Phi) is 2.92. The number of nitrogens with one attached hydrogen (secondary N) is 1. The second-order valence-electron chi connectivity index (χ2n) is 3.18. The van der Waals surface area contributed by atoms with Crippen molar-refractivity contribution >= 4 is 0 Å². The van der Waals surface area contributed by atoms with Gasteiger partial charge in [-0.3, -0.25) is 4.79 Å². The Balaban J connectivity index is 3.32. The van der Waals surface area contributed by atoms with Crippen molar-refractivity contribution in [3.8, 4) is 11.8 Å². The van der Waals surface area contributed by atoms with Gasteiger partial charge in [0.1, 0.15) is 0 Å². The van der Waals surface area contributed by atoms with E-state index in [1.165, 1.54) is 6.07 Å². The summed E-state index contributed by atoms with van der Waals surface area (Å²) in [5.41, 5.74) is 1.74. The molecule has 0 aliphatic rings. The number of rotatable bonds is 1. The molecule has 0 saturated heterocycles. The topological polar surface area (TPSA) is 32.9 Å². The van der Waals surface area contributed by atoms with Crippen LogP contribution in [-0.4, -0.2) is 4.98 Å². The molecule has 0 aromatic carbocycles. The molecule has 2 nitrogen and oxygen atoms in total. The van der Waals surface area contributed by atoms with Crippen LogP contribution in [0.3, 0.4) is 0 Å². The van der Waals surface area contributed by atoms with E-state index in [-0.39, 0.29) is 5.56 Å². The first-order valence-electron chi connectivity index (χ1n) is 4.31. The van der Waals surface area contributed by atoms with Crippen LogP contribution in [0.5, 0.6) is 0 Å². The maximum absolute atomic E-state index is 11.0. The molecule has 2 heteroatoms. The summed E-state index contributed by atoms with van der Waals surface area (Å²) in [5, 5.41) is 0. The Bertz CT molecular complexity index is 404. The summed E-state index contributed by atoms with van der Waals surface area (Å²) in [4.78, 5) is 13.7. The predicted molar refractivity (Wildman–Crippen MR) is 53.7 cm³/mol. The molecular formula is C11H13NO. The molecule has 0 saturated carbocycles. The minimum Gasteiger partial charge on any atom is -0.315 e. The van der Waals surface area contributed by atoms with E-state index in [2.05, 4.69) is 30.7 Å². The monoisotopic (exact) mass is 175 g/mol. The smallest absolute Gasteiger partial charge is 0.248 e. The first kappa shape index (κ1) is 9.60. The van der Waals surface area contributed by atoms with Crippen molar-refractivity contribution in [1.29, 1.82) is 0 Å². The molecule has 0 bridgehead atoms. The molecule has 1 aromatic rings. The molecule has 13 heavy (non-hydrogen) atoms. The molecular weight excluding hydrogens is 162 g/mol. The predicted octanol–water partition coefficient (Wildman–Crippen LogP) is 1.87. The van der Waals surface area contributed by atoms with Gasteiger partial charge >= 0.3 is 0 Å². The lowest BCUT2D eigenvalue weighted by molar-refractivity contribution is 0.850. The maximum atomic E-state index is 11.0. The van der Waals surface area contributed by atoms with E-state index >= 15 is 0 Å². The first-order valence-corrected chi connectivity index (χ1v) is 4.31. The number of aromatic amines is 1. The van der Waals surface area contributed by atoms with E-state index in [1.807, 2.05) is 6.07 Å². The summed E-state index contributed by atoms with van der Waals surface area (Å²) in [6.07, 6.45) is 0. The summed E-state index contributed by atoms with van der Waals surface area (Å²) < 4.78 is 0. The van der Waals surface area contributed by atoms with Gasteiger partial charge in [-0.15, -0.1) is 0 Å². The second kappa shape index (κ2) is 3.95. The normalized spacial score (nSPS) is 9.54. The van der Waals surface area contributed by atoms with Gasteiger partial charge in [-0.2, -0.15) is 0 Å². The third-order valence-corrected chi connectivity index (χ3v) is 1.82. The highest BCUT2D eigenvalue weighted by molar-refractivity contribution is 5.36. The lowest BCUT2D eigenvalue weighted by atomic mass is 10.0. The zero-order valence-corrected chi connectivity index (χ0v) is 8.14. The quantitative estimate of drug-likeness (QED) is 0.649. The van der Waals surface area contributed by atoms with Crippen molar-refractivity contribution in [1.82, 2.24) is 4.98 Å². The Morgan fingerprint density at radius 1 is 1.38 bits per heavy atom. The Labute approximate surface area is 78.0 Å². The van der Waals surface area contributed by atoms with E-state index in [1.54, 1.807) is 6.92 Å². The molecule has 0 unspecified atom stereocenters. The van der Waals surface area contributed by atoms with E-state index in [0.29, 0.717) is 5.92 Å². The first-order chi connectivity index (χ1) is 6.15. The molecule has 0 spiro atoms. The fourth-order valence-electron chi connectivity index (χ4n) is 1.20. The molecule has 1 aromatic heterocycles. The van der Waals surface area contributed by atoms with Gasteiger partial charge in [0.05, 0.1) is 5.69 Å². The minimum atomic E-state index is -0.0952. The van der Waals surface area contributed by atoms with Crippen molar-refractivity contribution in [3.05, 3.63) is 33.7 Å². The fraction of sp³-hybridized carbons (Fsp3) is 0.364. The molecule has 0 atom stereocenters. The van der Waals surface area contributed by atoms with Gasteiger partial charge in [0.2, 0.25) is 5.56 Å². The van der Waals surface area contributed by atoms with E-state index in [9.17, 15) is 4.79 Å². The Hall–Kier alpha value is -1.49. The van der Waals surface area contributed by atoms with Gasteiger partial charge in [0.25, 0.3) is 0 Å². The van der Waals surface area contributed by atoms with Crippen molar-refractivity contribution in [2.24, 2.45) is 0 Å². The third kappa shape index (κ3) is 2.22. The number of hydrogen-bond acceptors (Lipinski definition) is 1. The van der Waals surface area contributed by atoms with Crippen LogP contribution < -0.4 is 5.56 Å². The van der Waals surface area contributed by atoms with Crippen LogP contribution in [0.4, 0.5) is 0 Å². The molecule has 1 N–H and O–H groups in total. The highest BCUT2D eigenvalue weighted by Crippen LogP contribution is 2.14. The molecule has 1 heterocycles. The summed E-state index contributed by atoms with van der Waals surface area (Å²) in [6.45, 7) is 5.92. The standard InChI is InChI=1S/C11H13NO/c1-4-5-10-9(8(2)3)6-7-11(13)12-10/h6-8H,1-3H3,(H,12,13). The van der Waals surface area contributed by atoms with Crippen LogP contribution in [-0.2, 0) is 0 Å². The maximum Gasteiger partial charge on any atom is 0.248 e. The molecule has 0 aliphatic heterocycles. The van der Waals surface area contributed by atoms with Gasteiger partial charge in [0, 0.05) is 6.07 Å². The van der Waals surface area contributed by atoms with Gasteiger partial charge in [0.15, 0.2) is 0 Å². The number of H-pyrrole nitrogens is 1. The van der Waals surface area contributed by atoms with Gasteiger partial charge in [-0.05, 0) is 24.3 Å². The van der Waals surface area contributed by atoms with Crippen LogP contribution in [0.1, 0.15) is 37.9 Å². The van der Waals surface area contributed by atoms with Crippen molar-refractivity contribution < 1.29 is 0 Å². The van der Waals surface area contributed by atoms with Crippen molar-refractivity contribution in [2.75, 3.05) is 0 Å². The molecule has 0 fully saturated rings. The van der Waals surface area contributed by atoms with Crippen molar-refractivity contribution in [3.63, 3.8) is 0 Å². The van der Waals surface area contributed by atoms with Crippen LogP contribution in [0.2, 0.25) is 0 Å². The summed E-state index contributed by atoms with van der Waals surface area (Å²) >= 11 is 0. The molecule has 68 valence electrons. The Morgan fingerprint density at radius 2 is 2.08 bits per heavy atom. The fourth-order valence-corrected chi connectivity index (χ4v) is 1.20. The molecule has 0 amide bonds. The molecule has 0 radical (unpaired) electrons. The van der Waals surface area contributed by atoms with Crippen LogP contribution in [0, 0.1) is 11.8 Å². The van der Waals surface area contributed by atoms with Crippen LogP contribution in [0.25, 0.3) is 0 Å². The number of aromatic nitrogens is 1. The number of pyridine rings is 1. The van der Waals surface area contributed by atoms with Gasteiger partial charge in [-0.25, -0.2) is 0 Å². The highest BCUT2D eigenvalue weighted by Gasteiger charge is 2.04. The zero-order chi connectivity index (χ0) is 9.84. The van der Waals surface area contributed by atoms with Crippen LogP contribution in [0.15, 0.2) is 16.9 Å². The summed E-state index contributed by atoms with van der Waals surface area (Å²) in [6, 6.07) is 3.37. The average Bonchev–Trinajstić information content (AvgIpc) is 2.04. The summed E-state index contributed by atoms with van der Waals surface area (Å²) in [7, 11) is 0. The third-order valence-electron chi connectivity index (χ3n) is 1.82. The van der Waals surface area contributed by atoms with E-state index in [4.69, 9.17) is 0 Å². The lowest BCUT2D eigenvalue weighted by Gasteiger charge is -2.06. The minimum absolute atomic E-state index is 0.0952. The average molecular weight is 175 g/mol. The second-order valence-corrected chi connectivity index (χ2v) is 3.18. The largest absolute Gasteiger partial charge is 0.315 e.